The lowest BCUT2D eigenvalue weighted by molar-refractivity contribution is -0.906. The first kappa shape index (κ1) is 18.3. The number of benzene rings is 1. The van der Waals surface area contributed by atoms with Gasteiger partial charge in [-0.3, -0.25) is 4.79 Å². The Kier molecular flexibility index (Phi) is 5.66. The van der Waals surface area contributed by atoms with Crippen molar-refractivity contribution in [2.24, 2.45) is 0 Å². The zero-order chi connectivity index (χ0) is 18.6. The number of carbonyl (C=O) groups is 1. The first-order chi connectivity index (χ1) is 13.2. The first-order valence-corrected chi connectivity index (χ1v) is 9.87. The summed E-state index contributed by atoms with van der Waals surface area (Å²) in [7, 11) is 0. The lowest BCUT2D eigenvalue weighted by atomic mass is 9.82. The number of hydrogen-bond donors (Lipinski definition) is 2. The van der Waals surface area contributed by atoms with Gasteiger partial charge in [-0.15, -0.1) is 0 Å². The highest BCUT2D eigenvalue weighted by atomic mass is 35.5. The van der Waals surface area contributed by atoms with Crippen molar-refractivity contribution >= 4 is 23.3 Å². The van der Waals surface area contributed by atoms with Crippen molar-refractivity contribution in [3.63, 3.8) is 0 Å². The fourth-order valence-corrected chi connectivity index (χ4v) is 4.11. The van der Waals surface area contributed by atoms with Crippen LogP contribution in [-0.4, -0.2) is 55.1 Å². The second-order valence-corrected chi connectivity index (χ2v) is 7.55. The Bertz CT molecular complexity index is 823. The van der Waals surface area contributed by atoms with E-state index in [-0.39, 0.29) is 11.7 Å². The lowest BCUT2D eigenvalue weighted by Gasteiger charge is -2.25. The molecule has 1 saturated heterocycles. The van der Waals surface area contributed by atoms with Crippen LogP contribution in [0.25, 0.3) is 0 Å². The number of halogens is 1. The Morgan fingerprint density at radius 1 is 1.22 bits per heavy atom. The van der Waals surface area contributed by atoms with Gasteiger partial charge in [0, 0.05) is 17.6 Å². The predicted octanol–water partition coefficient (Wildman–Crippen LogP) is 1.37. The minimum absolute atomic E-state index is 0.0687. The zero-order valence-electron chi connectivity index (χ0n) is 15.2. The maximum atomic E-state index is 12.6. The van der Waals surface area contributed by atoms with Gasteiger partial charge in [0.1, 0.15) is 13.1 Å². The molecule has 0 saturated carbocycles. The van der Waals surface area contributed by atoms with Gasteiger partial charge in [0.2, 0.25) is 5.95 Å². The number of quaternary nitrogens is 1. The summed E-state index contributed by atoms with van der Waals surface area (Å²) >= 11 is 6.34. The van der Waals surface area contributed by atoms with E-state index >= 15 is 0 Å². The third kappa shape index (κ3) is 4.29. The van der Waals surface area contributed by atoms with Crippen molar-refractivity contribution in [1.82, 2.24) is 9.97 Å². The minimum Gasteiger partial charge on any atom is -0.370 e. The first-order valence-electron chi connectivity index (χ1n) is 9.49. The zero-order valence-corrected chi connectivity index (χ0v) is 16.0. The van der Waals surface area contributed by atoms with Crippen molar-refractivity contribution in [2.45, 2.75) is 18.8 Å². The van der Waals surface area contributed by atoms with Crippen molar-refractivity contribution in [3.8, 4) is 0 Å². The minimum atomic E-state index is 0.0687. The molecule has 2 aliphatic rings. The predicted molar refractivity (Wildman–Crippen MR) is 104 cm³/mol. The molecule has 142 valence electrons. The highest BCUT2D eigenvalue weighted by Gasteiger charge is 2.29. The summed E-state index contributed by atoms with van der Waals surface area (Å²) in [6, 6.07) is 7.74. The highest BCUT2D eigenvalue weighted by molar-refractivity contribution is 6.31. The van der Waals surface area contributed by atoms with E-state index in [2.05, 4.69) is 15.3 Å². The molecule has 1 aromatic carbocycles. The number of rotatable bonds is 5. The molecule has 1 atom stereocenters. The number of morpholine rings is 1. The molecule has 4 rings (SSSR count). The Morgan fingerprint density at radius 3 is 2.85 bits per heavy atom. The van der Waals surface area contributed by atoms with Crippen LogP contribution in [0.3, 0.4) is 0 Å². The summed E-state index contributed by atoms with van der Waals surface area (Å²) in [6.07, 6.45) is 2.82. The van der Waals surface area contributed by atoms with E-state index in [0.29, 0.717) is 29.4 Å². The van der Waals surface area contributed by atoms with Crippen molar-refractivity contribution in [1.29, 1.82) is 0 Å². The van der Waals surface area contributed by atoms with E-state index < -0.39 is 0 Å². The number of nitrogens with zero attached hydrogens (tertiary/aromatic N) is 2. The molecule has 2 N–H and O–H groups in total. The number of ketones is 1. The normalized spacial score (nSPS) is 20.3. The summed E-state index contributed by atoms with van der Waals surface area (Å²) in [5.74, 6) is 0.749. The topological polar surface area (TPSA) is 68.5 Å². The van der Waals surface area contributed by atoms with Crippen LogP contribution in [0.15, 0.2) is 30.5 Å². The van der Waals surface area contributed by atoms with Crippen molar-refractivity contribution < 1.29 is 14.4 Å². The van der Waals surface area contributed by atoms with E-state index in [4.69, 9.17) is 16.3 Å². The number of anilines is 1. The van der Waals surface area contributed by atoms with Gasteiger partial charge in [-0.05, 0) is 24.0 Å². The molecule has 7 heteroatoms. The number of ether oxygens (including phenoxy) is 1. The maximum absolute atomic E-state index is 12.6. The van der Waals surface area contributed by atoms with Crippen LogP contribution in [0.2, 0.25) is 5.02 Å². The van der Waals surface area contributed by atoms with E-state index in [0.717, 1.165) is 50.7 Å². The average molecular weight is 388 g/mol. The molecule has 2 aromatic rings. The number of carbonyl (C=O) groups excluding carboxylic acids is 1. The molecule has 0 radical (unpaired) electrons. The van der Waals surface area contributed by atoms with Gasteiger partial charge < -0.3 is 15.0 Å². The molecule has 1 aromatic heterocycles. The highest BCUT2D eigenvalue weighted by Crippen LogP contribution is 2.35. The fraction of sp³-hybridized carbons (Fsp3) is 0.450. The quantitative estimate of drug-likeness (QED) is 0.811. The third-order valence-corrected chi connectivity index (χ3v) is 5.69. The summed E-state index contributed by atoms with van der Waals surface area (Å²) in [6.45, 7) is 5.55. The summed E-state index contributed by atoms with van der Waals surface area (Å²) < 4.78 is 5.38. The largest absolute Gasteiger partial charge is 0.370 e. The van der Waals surface area contributed by atoms with E-state index in [1.165, 1.54) is 4.90 Å². The van der Waals surface area contributed by atoms with Gasteiger partial charge in [-0.25, -0.2) is 9.97 Å². The number of aromatic nitrogens is 2. The van der Waals surface area contributed by atoms with Crippen LogP contribution in [-0.2, 0) is 11.2 Å². The fourth-order valence-electron chi connectivity index (χ4n) is 3.82. The van der Waals surface area contributed by atoms with Gasteiger partial charge in [0.15, 0.2) is 5.78 Å². The lowest BCUT2D eigenvalue weighted by Crippen LogP contribution is -3.14. The second-order valence-electron chi connectivity index (χ2n) is 7.14. The van der Waals surface area contributed by atoms with Crippen molar-refractivity contribution in [3.05, 3.63) is 52.3 Å². The molecule has 6 nitrogen and oxygen atoms in total. The molecule has 1 aliphatic heterocycles. The van der Waals surface area contributed by atoms with Crippen LogP contribution in [0, 0.1) is 0 Å². The number of hydrogen-bond acceptors (Lipinski definition) is 5. The summed E-state index contributed by atoms with van der Waals surface area (Å²) in [4.78, 5) is 23.1. The maximum Gasteiger partial charge on any atom is 0.223 e. The monoisotopic (exact) mass is 387 g/mol. The summed E-state index contributed by atoms with van der Waals surface area (Å²) in [5, 5.41) is 4.01. The van der Waals surface area contributed by atoms with Crippen LogP contribution >= 0.6 is 11.6 Å². The molecule has 1 aliphatic carbocycles. The molecule has 0 amide bonds. The SMILES string of the molecule is O=C1C[C@H](c2ccccc2Cl)Cc2nc(NCC[NH+]3CCOCC3)ncc21. The molecular formula is C20H24ClN4O2+. The third-order valence-electron chi connectivity index (χ3n) is 5.35. The van der Waals surface area contributed by atoms with Crippen LogP contribution in [0.4, 0.5) is 5.95 Å². The van der Waals surface area contributed by atoms with Gasteiger partial charge in [0.05, 0.1) is 37.6 Å². The van der Waals surface area contributed by atoms with Crippen LogP contribution < -0.4 is 10.2 Å². The van der Waals surface area contributed by atoms with Crippen molar-refractivity contribution in [2.75, 3.05) is 44.7 Å². The molecule has 2 heterocycles. The van der Waals surface area contributed by atoms with E-state index in [9.17, 15) is 4.79 Å². The number of nitrogens with one attached hydrogen (secondary N) is 2. The van der Waals surface area contributed by atoms with Crippen LogP contribution in [0.1, 0.15) is 34.0 Å². The molecule has 0 unspecified atom stereocenters. The van der Waals surface area contributed by atoms with E-state index in [1.54, 1.807) is 6.20 Å². The number of Topliss-reactive ketones (excluding diaryl/α,β-unsaturated/α-hetero) is 1. The second kappa shape index (κ2) is 8.33. The average Bonchev–Trinajstić information content (AvgIpc) is 2.69. The Balaban J connectivity index is 1.44. The van der Waals surface area contributed by atoms with Crippen LogP contribution in [0.5, 0.6) is 0 Å². The summed E-state index contributed by atoms with van der Waals surface area (Å²) in [5.41, 5.74) is 2.47. The Labute approximate surface area is 163 Å². The molecule has 27 heavy (non-hydrogen) atoms. The number of fused-ring (bicyclic) bond motifs is 1. The van der Waals surface area contributed by atoms with Gasteiger partial charge in [0.25, 0.3) is 0 Å². The molecular weight excluding hydrogens is 364 g/mol. The molecule has 0 spiro atoms. The Morgan fingerprint density at radius 2 is 2.04 bits per heavy atom. The Hall–Kier alpha value is -2.02. The standard InChI is InChI=1S/C20H23ClN4O2/c21-17-4-2-1-3-15(17)14-11-18-16(19(26)12-14)13-23-20(24-18)22-5-6-25-7-9-27-10-8-25/h1-4,13-14H,5-12H2,(H,22,23,24)/p+1/t14-/m1/s1. The smallest absolute Gasteiger partial charge is 0.223 e. The molecule has 1 fully saturated rings. The molecule has 0 bridgehead atoms. The van der Waals surface area contributed by atoms with Gasteiger partial charge in [-0.1, -0.05) is 29.8 Å². The van der Waals surface area contributed by atoms with Gasteiger partial charge in [-0.2, -0.15) is 0 Å². The van der Waals surface area contributed by atoms with Gasteiger partial charge >= 0.3 is 0 Å². The van der Waals surface area contributed by atoms with E-state index in [1.807, 2.05) is 24.3 Å².